The van der Waals surface area contributed by atoms with E-state index in [4.69, 9.17) is 9.83 Å². The van der Waals surface area contributed by atoms with E-state index in [9.17, 15) is 14.9 Å². The van der Waals surface area contributed by atoms with E-state index in [0.717, 1.165) is 11.8 Å². The van der Waals surface area contributed by atoms with Crippen molar-refractivity contribution >= 4 is 45.9 Å². The van der Waals surface area contributed by atoms with Crippen LogP contribution in [0.4, 0.5) is 5.88 Å². The SMILES string of the molecule is N=C1S/C(=C\c2ccc([N+](=O)[O-])o2)C(=O)[C@H]1c1nccs1. The van der Waals surface area contributed by atoms with Crippen molar-refractivity contribution < 1.29 is 14.1 Å². The molecule has 2 aromatic rings. The van der Waals surface area contributed by atoms with Crippen LogP contribution in [0.25, 0.3) is 6.08 Å². The lowest BCUT2D eigenvalue weighted by Crippen LogP contribution is -2.11. The van der Waals surface area contributed by atoms with Gasteiger partial charge in [0.1, 0.15) is 21.6 Å². The first-order chi connectivity index (χ1) is 10.1. The normalized spacial score (nSPS) is 20.4. The minimum Gasteiger partial charge on any atom is -0.401 e. The Morgan fingerprint density at radius 3 is 2.90 bits per heavy atom. The maximum absolute atomic E-state index is 12.3. The van der Waals surface area contributed by atoms with Gasteiger partial charge in [0.05, 0.1) is 16.0 Å². The molecule has 0 radical (unpaired) electrons. The third kappa shape index (κ3) is 2.52. The van der Waals surface area contributed by atoms with Crippen LogP contribution in [0.3, 0.4) is 0 Å². The monoisotopic (exact) mass is 321 g/mol. The molecule has 0 saturated carbocycles. The standard InChI is InChI=1S/C12H7N3O4S2/c13-11-9(12-14-3-4-20-12)10(16)7(21-11)5-6-1-2-8(19-6)15(17)18/h1-5,9,13H/b7-5-,13-11?/t9-/m1/s1. The number of thiazole rings is 1. The van der Waals surface area contributed by atoms with Crippen molar-refractivity contribution in [3.8, 4) is 0 Å². The molecule has 2 aromatic heterocycles. The number of nitrogens with one attached hydrogen (secondary N) is 1. The summed E-state index contributed by atoms with van der Waals surface area (Å²) in [4.78, 5) is 26.6. The second kappa shape index (κ2) is 5.26. The van der Waals surface area contributed by atoms with Gasteiger partial charge in [0.15, 0.2) is 5.78 Å². The Morgan fingerprint density at radius 1 is 1.48 bits per heavy atom. The molecule has 0 aromatic carbocycles. The molecule has 3 heterocycles. The van der Waals surface area contributed by atoms with Gasteiger partial charge in [-0.25, -0.2) is 4.98 Å². The highest BCUT2D eigenvalue weighted by Gasteiger charge is 2.38. The molecule has 0 amide bonds. The fourth-order valence-corrected chi connectivity index (χ4v) is 3.62. The van der Waals surface area contributed by atoms with Crippen LogP contribution in [0.5, 0.6) is 0 Å². The number of hydrogen-bond acceptors (Lipinski definition) is 8. The van der Waals surface area contributed by atoms with E-state index < -0.39 is 10.8 Å². The van der Waals surface area contributed by atoms with Crippen molar-refractivity contribution in [2.45, 2.75) is 5.92 Å². The number of rotatable bonds is 3. The second-order valence-electron chi connectivity index (χ2n) is 4.08. The molecule has 1 fully saturated rings. The van der Waals surface area contributed by atoms with Gasteiger partial charge < -0.3 is 4.42 Å². The quantitative estimate of drug-likeness (QED) is 0.528. The molecule has 0 spiro atoms. The smallest absolute Gasteiger partial charge is 0.401 e. The lowest BCUT2D eigenvalue weighted by molar-refractivity contribution is -0.402. The number of furan rings is 1. The molecule has 106 valence electrons. The summed E-state index contributed by atoms with van der Waals surface area (Å²) >= 11 is 2.34. The number of aromatic nitrogens is 1. The average molecular weight is 321 g/mol. The molecule has 1 aliphatic rings. The van der Waals surface area contributed by atoms with Crippen LogP contribution in [0.1, 0.15) is 16.7 Å². The van der Waals surface area contributed by atoms with Gasteiger partial charge in [-0.3, -0.25) is 20.3 Å². The summed E-state index contributed by atoms with van der Waals surface area (Å²) in [6.07, 6.45) is 3.00. The van der Waals surface area contributed by atoms with Gasteiger partial charge >= 0.3 is 5.88 Å². The van der Waals surface area contributed by atoms with Gasteiger partial charge in [0.25, 0.3) is 0 Å². The Kier molecular flexibility index (Phi) is 3.43. The van der Waals surface area contributed by atoms with Crippen LogP contribution in [-0.4, -0.2) is 20.7 Å². The van der Waals surface area contributed by atoms with Crippen LogP contribution in [0.15, 0.2) is 33.0 Å². The fraction of sp³-hybridized carbons (Fsp3) is 0.0833. The second-order valence-corrected chi connectivity index (χ2v) is 6.09. The van der Waals surface area contributed by atoms with Crippen molar-refractivity contribution in [1.29, 1.82) is 5.41 Å². The Morgan fingerprint density at radius 2 is 2.29 bits per heavy atom. The van der Waals surface area contributed by atoms with Crippen LogP contribution >= 0.6 is 23.1 Å². The topological polar surface area (TPSA) is 110 Å². The zero-order chi connectivity index (χ0) is 15.0. The van der Waals surface area contributed by atoms with E-state index >= 15 is 0 Å². The van der Waals surface area contributed by atoms with Crippen molar-refractivity contribution in [2.75, 3.05) is 0 Å². The number of carbonyl (C=O) groups is 1. The molecule has 1 aliphatic heterocycles. The van der Waals surface area contributed by atoms with Gasteiger partial charge in [0.2, 0.25) is 0 Å². The third-order valence-electron chi connectivity index (χ3n) is 2.75. The first-order valence-corrected chi connectivity index (χ1v) is 7.41. The molecule has 0 bridgehead atoms. The highest BCUT2D eigenvalue weighted by molar-refractivity contribution is 8.19. The van der Waals surface area contributed by atoms with Gasteiger partial charge in [-0.1, -0.05) is 11.8 Å². The largest absolute Gasteiger partial charge is 0.433 e. The van der Waals surface area contributed by atoms with Crippen LogP contribution in [0.2, 0.25) is 0 Å². The molecule has 1 atom stereocenters. The number of Topliss-reactive ketones (excluding diaryl/α,β-unsaturated/α-hetero) is 1. The fourth-order valence-electron chi connectivity index (χ4n) is 1.84. The minimum absolute atomic E-state index is 0.197. The number of nitro groups is 1. The van der Waals surface area contributed by atoms with Crippen LogP contribution in [0, 0.1) is 15.5 Å². The van der Waals surface area contributed by atoms with E-state index in [1.807, 2.05) is 0 Å². The molecule has 21 heavy (non-hydrogen) atoms. The predicted molar refractivity (Wildman–Crippen MR) is 78.5 cm³/mol. The summed E-state index contributed by atoms with van der Waals surface area (Å²) < 4.78 is 4.99. The Balaban J connectivity index is 1.90. The summed E-state index contributed by atoms with van der Waals surface area (Å²) in [5.41, 5.74) is 0. The summed E-state index contributed by atoms with van der Waals surface area (Å²) in [5.74, 6) is -1.08. The Bertz CT molecular complexity index is 763. The molecular formula is C12H7N3O4S2. The molecule has 0 unspecified atom stereocenters. The van der Waals surface area contributed by atoms with Crippen LogP contribution < -0.4 is 0 Å². The van der Waals surface area contributed by atoms with E-state index in [-0.39, 0.29) is 22.5 Å². The van der Waals surface area contributed by atoms with Crippen molar-refractivity contribution in [2.24, 2.45) is 0 Å². The molecule has 1 saturated heterocycles. The molecule has 9 heteroatoms. The van der Waals surface area contributed by atoms with E-state index in [1.54, 1.807) is 11.6 Å². The molecule has 3 rings (SSSR count). The van der Waals surface area contributed by atoms with E-state index in [0.29, 0.717) is 9.91 Å². The first kappa shape index (κ1) is 13.7. The van der Waals surface area contributed by atoms with Gasteiger partial charge in [-0.05, 0) is 12.1 Å². The summed E-state index contributed by atoms with van der Waals surface area (Å²) in [7, 11) is 0. The number of allylic oxidation sites excluding steroid dienone is 1. The minimum atomic E-state index is -0.675. The molecular weight excluding hydrogens is 314 g/mol. The van der Waals surface area contributed by atoms with Gasteiger partial charge in [0, 0.05) is 11.6 Å². The molecule has 0 aliphatic carbocycles. The highest BCUT2D eigenvalue weighted by atomic mass is 32.2. The zero-order valence-electron chi connectivity index (χ0n) is 10.3. The summed E-state index contributed by atoms with van der Waals surface area (Å²) in [5, 5.41) is 21.0. The lowest BCUT2D eigenvalue weighted by atomic mass is 10.1. The van der Waals surface area contributed by atoms with Gasteiger partial charge in [-0.15, -0.1) is 11.3 Å². The number of hydrogen-bond donors (Lipinski definition) is 1. The van der Waals surface area contributed by atoms with E-state index in [1.165, 1.54) is 29.5 Å². The van der Waals surface area contributed by atoms with Crippen molar-refractivity contribution in [3.63, 3.8) is 0 Å². The lowest BCUT2D eigenvalue weighted by Gasteiger charge is -2.00. The van der Waals surface area contributed by atoms with Gasteiger partial charge in [-0.2, -0.15) is 0 Å². The molecule has 7 nitrogen and oxygen atoms in total. The Labute approximate surface area is 126 Å². The number of ketones is 1. The summed E-state index contributed by atoms with van der Waals surface area (Å²) in [6, 6.07) is 2.64. The number of carbonyl (C=O) groups excluding carboxylic acids is 1. The maximum Gasteiger partial charge on any atom is 0.433 e. The van der Waals surface area contributed by atoms with Crippen molar-refractivity contribution in [1.82, 2.24) is 4.98 Å². The number of nitrogens with zero attached hydrogens (tertiary/aromatic N) is 2. The average Bonchev–Trinajstić information content (AvgIpc) is 3.12. The van der Waals surface area contributed by atoms with Crippen molar-refractivity contribution in [3.05, 3.63) is 49.5 Å². The Hall–Kier alpha value is -2.26. The number of thioether (sulfide) groups is 1. The predicted octanol–water partition coefficient (Wildman–Crippen LogP) is 3.06. The zero-order valence-corrected chi connectivity index (χ0v) is 11.9. The molecule has 1 N–H and O–H groups in total. The third-order valence-corrected chi connectivity index (χ3v) is 4.59. The first-order valence-electron chi connectivity index (χ1n) is 5.72. The van der Waals surface area contributed by atoms with Crippen LogP contribution in [-0.2, 0) is 4.79 Å². The summed E-state index contributed by atoms with van der Waals surface area (Å²) in [6.45, 7) is 0. The van der Waals surface area contributed by atoms with E-state index in [2.05, 4.69) is 4.98 Å². The highest BCUT2D eigenvalue weighted by Crippen LogP contribution is 2.41. The maximum atomic E-state index is 12.3.